The van der Waals surface area contributed by atoms with Crippen LogP contribution in [0.3, 0.4) is 0 Å². The molecule has 34 heavy (non-hydrogen) atoms. The Labute approximate surface area is 201 Å². The second kappa shape index (κ2) is 12.3. The molecule has 6 nitrogen and oxygen atoms in total. The van der Waals surface area contributed by atoms with E-state index in [1.807, 2.05) is 37.3 Å². The van der Waals surface area contributed by atoms with Crippen molar-refractivity contribution >= 4 is 15.8 Å². The van der Waals surface area contributed by atoms with E-state index in [-0.39, 0.29) is 15.8 Å². The van der Waals surface area contributed by atoms with E-state index in [0.29, 0.717) is 38.4 Å². The molecule has 0 aliphatic carbocycles. The van der Waals surface area contributed by atoms with Crippen LogP contribution in [0, 0.1) is 0 Å². The van der Waals surface area contributed by atoms with Crippen LogP contribution >= 0.6 is 0 Å². The molecule has 0 spiro atoms. The van der Waals surface area contributed by atoms with Crippen LogP contribution in [0.5, 0.6) is 5.75 Å². The third kappa shape index (κ3) is 6.92. The largest absolute Gasteiger partial charge is 0.493 e. The maximum absolute atomic E-state index is 12.8. The highest BCUT2D eigenvalue weighted by Crippen LogP contribution is 2.22. The van der Waals surface area contributed by atoms with Gasteiger partial charge >= 0.3 is 5.97 Å². The standard InChI is InChI=1S/C27H30O6S/c1-3-31-26(27(28)32-4-2)20-22-13-15-23(16-14-22)33-18-17-21-9-8-12-25(19-21)34(29,30)24-10-6-5-7-11-24/h5-16,19,26H,3-4,17-18,20H2,1-2H3. The topological polar surface area (TPSA) is 78.9 Å². The third-order valence-electron chi connectivity index (χ3n) is 5.18. The highest BCUT2D eigenvalue weighted by molar-refractivity contribution is 7.91. The van der Waals surface area contributed by atoms with Crippen molar-refractivity contribution in [2.45, 2.75) is 42.6 Å². The van der Waals surface area contributed by atoms with Crippen molar-refractivity contribution in [2.75, 3.05) is 19.8 Å². The molecule has 1 atom stereocenters. The van der Waals surface area contributed by atoms with E-state index in [0.717, 1.165) is 11.1 Å². The van der Waals surface area contributed by atoms with Gasteiger partial charge in [0.15, 0.2) is 6.10 Å². The smallest absolute Gasteiger partial charge is 0.335 e. The minimum atomic E-state index is -3.55. The summed E-state index contributed by atoms with van der Waals surface area (Å²) in [5.74, 6) is 0.335. The molecule has 0 saturated heterocycles. The fraction of sp³-hybridized carbons (Fsp3) is 0.296. The molecule has 0 amide bonds. The Kier molecular flexibility index (Phi) is 9.24. The maximum Gasteiger partial charge on any atom is 0.335 e. The van der Waals surface area contributed by atoms with E-state index in [4.69, 9.17) is 14.2 Å². The highest BCUT2D eigenvalue weighted by Gasteiger charge is 2.20. The lowest BCUT2D eigenvalue weighted by atomic mass is 10.1. The zero-order valence-corrected chi connectivity index (χ0v) is 20.3. The van der Waals surface area contributed by atoms with Crippen molar-refractivity contribution < 1.29 is 27.4 Å². The van der Waals surface area contributed by atoms with Crippen molar-refractivity contribution in [2.24, 2.45) is 0 Å². The van der Waals surface area contributed by atoms with E-state index < -0.39 is 15.9 Å². The molecule has 3 aromatic carbocycles. The minimum Gasteiger partial charge on any atom is -0.493 e. The number of hydrogen-bond acceptors (Lipinski definition) is 6. The van der Waals surface area contributed by atoms with Gasteiger partial charge in [0.1, 0.15) is 5.75 Å². The zero-order chi connectivity index (χ0) is 24.4. The summed E-state index contributed by atoms with van der Waals surface area (Å²) in [5, 5.41) is 0. The Bertz CT molecular complexity index is 1160. The molecule has 0 saturated carbocycles. The lowest BCUT2D eigenvalue weighted by Gasteiger charge is -2.16. The van der Waals surface area contributed by atoms with Gasteiger partial charge in [-0.1, -0.05) is 42.5 Å². The lowest BCUT2D eigenvalue weighted by Crippen LogP contribution is -2.28. The molecular weight excluding hydrogens is 452 g/mol. The fourth-order valence-electron chi connectivity index (χ4n) is 3.47. The van der Waals surface area contributed by atoms with Crippen molar-refractivity contribution in [1.82, 2.24) is 0 Å². The summed E-state index contributed by atoms with van der Waals surface area (Å²) in [6, 6.07) is 22.8. The van der Waals surface area contributed by atoms with Gasteiger partial charge in [0.05, 0.1) is 23.0 Å². The SMILES string of the molecule is CCOC(=O)C(Cc1ccc(OCCc2cccc(S(=O)(=O)c3ccccc3)c2)cc1)OCC. The summed E-state index contributed by atoms with van der Waals surface area (Å²) < 4.78 is 42.1. The Hall–Kier alpha value is -3.16. The van der Waals surface area contributed by atoms with Crippen LogP contribution in [-0.2, 0) is 36.9 Å². The Morgan fingerprint density at radius 1 is 0.824 bits per heavy atom. The molecule has 0 fully saturated rings. The summed E-state index contributed by atoms with van der Waals surface area (Å²) in [6.45, 7) is 4.76. The van der Waals surface area contributed by atoms with Crippen molar-refractivity contribution in [1.29, 1.82) is 0 Å². The Balaban J connectivity index is 1.57. The first-order chi connectivity index (χ1) is 16.4. The number of ether oxygens (including phenoxy) is 3. The average molecular weight is 483 g/mol. The first kappa shape index (κ1) is 25.5. The van der Waals surface area contributed by atoms with Gasteiger partial charge in [0, 0.05) is 19.4 Å². The first-order valence-electron chi connectivity index (χ1n) is 11.3. The molecule has 0 aliphatic rings. The summed E-state index contributed by atoms with van der Waals surface area (Å²) in [4.78, 5) is 12.6. The van der Waals surface area contributed by atoms with Crippen molar-refractivity contribution in [3.8, 4) is 5.75 Å². The quantitative estimate of drug-likeness (QED) is 0.350. The van der Waals surface area contributed by atoms with E-state index in [2.05, 4.69) is 0 Å². The molecule has 1 unspecified atom stereocenters. The molecule has 0 N–H and O–H groups in total. The molecule has 0 aliphatic heterocycles. The number of sulfone groups is 1. The normalized spacial score (nSPS) is 12.2. The third-order valence-corrected chi connectivity index (χ3v) is 6.95. The van der Waals surface area contributed by atoms with Gasteiger partial charge in [-0.15, -0.1) is 0 Å². The van der Waals surface area contributed by atoms with Crippen LogP contribution in [0.1, 0.15) is 25.0 Å². The zero-order valence-electron chi connectivity index (χ0n) is 19.5. The van der Waals surface area contributed by atoms with Crippen LogP contribution in [0.4, 0.5) is 0 Å². The van der Waals surface area contributed by atoms with E-state index in [1.165, 1.54) is 0 Å². The molecule has 180 valence electrons. The Morgan fingerprint density at radius 3 is 2.21 bits per heavy atom. The van der Waals surface area contributed by atoms with Gasteiger partial charge in [-0.2, -0.15) is 0 Å². The van der Waals surface area contributed by atoms with Crippen LogP contribution in [0.25, 0.3) is 0 Å². The molecule has 0 radical (unpaired) electrons. The number of hydrogen-bond donors (Lipinski definition) is 0. The summed E-state index contributed by atoms with van der Waals surface area (Å²) in [7, 11) is -3.55. The van der Waals surface area contributed by atoms with Crippen LogP contribution < -0.4 is 4.74 Å². The molecule has 0 aromatic heterocycles. The lowest BCUT2D eigenvalue weighted by molar-refractivity contribution is -0.156. The Morgan fingerprint density at radius 2 is 1.53 bits per heavy atom. The monoisotopic (exact) mass is 482 g/mol. The minimum absolute atomic E-state index is 0.269. The van der Waals surface area contributed by atoms with Crippen molar-refractivity contribution in [3.63, 3.8) is 0 Å². The van der Waals surface area contributed by atoms with Gasteiger partial charge in [-0.25, -0.2) is 13.2 Å². The predicted molar refractivity (Wildman–Crippen MR) is 130 cm³/mol. The molecular formula is C27H30O6S. The molecule has 0 heterocycles. The highest BCUT2D eigenvalue weighted by atomic mass is 32.2. The van der Waals surface area contributed by atoms with Gasteiger partial charge in [0.25, 0.3) is 0 Å². The first-order valence-corrected chi connectivity index (χ1v) is 12.8. The summed E-state index contributed by atoms with van der Waals surface area (Å²) in [6.07, 6.45) is 0.362. The molecule has 7 heteroatoms. The summed E-state index contributed by atoms with van der Waals surface area (Å²) in [5.41, 5.74) is 1.82. The molecule has 3 aromatic rings. The maximum atomic E-state index is 12.8. The van der Waals surface area contributed by atoms with E-state index in [1.54, 1.807) is 55.5 Å². The average Bonchev–Trinajstić information content (AvgIpc) is 2.85. The van der Waals surface area contributed by atoms with Crippen LogP contribution in [0.15, 0.2) is 88.7 Å². The van der Waals surface area contributed by atoms with Crippen molar-refractivity contribution in [3.05, 3.63) is 90.0 Å². The number of rotatable bonds is 12. The van der Waals surface area contributed by atoms with Crippen LogP contribution in [0.2, 0.25) is 0 Å². The number of carbonyl (C=O) groups excluding carboxylic acids is 1. The van der Waals surface area contributed by atoms with E-state index in [9.17, 15) is 13.2 Å². The molecule has 0 bridgehead atoms. The number of esters is 1. The fourth-order valence-corrected chi connectivity index (χ4v) is 4.82. The van der Waals surface area contributed by atoms with E-state index >= 15 is 0 Å². The van der Waals surface area contributed by atoms with Gasteiger partial charge in [0.2, 0.25) is 9.84 Å². The predicted octanol–water partition coefficient (Wildman–Crippen LogP) is 4.65. The number of carbonyl (C=O) groups is 1. The van der Waals surface area contributed by atoms with Gasteiger partial charge in [-0.05, 0) is 61.4 Å². The molecule has 3 rings (SSSR count). The summed E-state index contributed by atoms with van der Waals surface area (Å²) >= 11 is 0. The van der Waals surface area contributed by atoms with Gasteiger partial charge in [-0.3, -0.25) is 0 Å². The van der Waals surface area contributed by atoms with Gasteiger partial charge < -0.3 is 14.2 Å². The second-order valence-electron chi connectivity index (χ2n) is 7.61. The van der Waals surface area contributed by atoms with Crippen LogP contribution in [-0.4, -0.2) is 40.3 Å². The number of benzene rings is 3. The second-order valence-corrected chi connectivity index (χ2v) is 9.56.